The molecule has 5 N–H and O–H groups in total. The van der Waals surface area contributed by atoms with Crippen molar-refractivity contribution in [1.29, 1.82) is 0 Å². The van der Waals surface area contributed by atoms with E-state index in [1.165, 1.54) is 0 Å². The molecule has 8 nitrogen and oxygen atoms in total. The summed E-state index contributed by atoms with van der Waals surface area (Å²) in [5.74, 6) is 0.374. The zero-order valence-corrected chi connectivity index (χ0v) is 14.7. The third kappa shape index (κ3) is 8.37. The molecule has 0 fully saturated rings. The van der Waals surface area contributed by atoms with Gasteiger partial charge in [0.2, 0.25) is 0 Å². The molecule has 0 unspecified atom stereocenters. The van der Waals surface area contributed by atoms with Crippen LogP contribution in [0.1, 0.15) is 18.4 Å². The molecule has 0 aliphatic heterocycles. The van der Waals surface area contributed by atoms with Gasteiger partial charge in [0.05, 0.1) is 0 Å². The fourth-order valence-corrected chi connectivity index (χ4v) is 2.00. The van der Waals surface area contributed by atoms with Gasteiger partial charge in [-0.05, 0) is 43.6 Å². The van der Waals surface area contributed by atoms with Gasteiger partial charge in [-0.2, -0.15) is 0 Å². The van der Waals surface area contributed by atoms with Gasteiger partial charge in [-0.3, -0.25) is 4.79 Å². The molecule has 0 bridgehead atoms. The monoisotopic (exact) mass is 352 g/mol. The minimum atomic E-state index is -0.373. The summed E-state index contributed by atoms with van der Waals surface area (Å²) in [6.45, 7) is 2.27. The van der Waals surface area contributed by atoms with E-state index in [0.717, 1.165) is 18.4 Å². The van der Waals surface area contributed by atoms with Gasteiger partial charge in [-0.25, -0.2) is 4.79 Å². The number of rotatable bonds is 11. The number of amides is 2. The molecule has 0 radical (unpaired) electrons. The van der Waals surface area contributed by atoms with E-state index in [1.54, 1.807) is 36.2 Å². The second-order valence-electron chi connectivity index (χ2n) is 5.43. The second kappa shape index (κ2) is 12.1. The average Bonchev–Trinajstić information content (AvgIpc) is 2.65. The quantitative estimate of drug-likeness (QED) is 0.532. The molecule has 0 atom stereocenters. The van der Waals surface area contributed by atoms with Gasteiger partial charge in [0.15, 0.2) is 6.61 Å². The van der Waals surface area contributed by atoms with Crippen molar-refractivity contribution in [3.05, 3.63) is 29.8 Å². The molecule has 25 heavy (non-hydrogen) atoms. The number of nitrogens with two attached hydrogens (primary N) is 2. The normalized spacial score (nSPS) is 10.2. The number of nitrogens with one attached hydrogen (secondary N) is 1. The lowest BCUT2D eigenvalue weighted by atomic mass is 10.2. The van der Waals surface area contributed by atoms with Crippen molar-refractivity contribution < 1.29 is 19.1 Å². The number of nitrogens with zero attached hydrogens (tertiary/aromatic N) is 1. The summed E-state index contributed by atoms with van der Waals surface area (Å²) >= 11 is 0. The molecule has 1 aromatic rings. The van der Waals surface area contributed by atoms with Crippen LogP contribution in [0.3, 0.4) is 0 Å². The van der Waals surface area contributed by atoms with Crippen molar-refractivity contribution in [2.75, 3.05) is 39.8 Å². The SMILES string of the molecule is CNC(=O)COc1ccc(COC(=O)N(CCCN)CCCN)cc1. The molecule has 0 saturated carbocycles. The van der Waals surface area contributed by atoms with Gasteiger partial charge in [0, 0.05) is 20.1 Å². The number of likely N-dealkylation sites (N-methyl/N-ethyl adjacent to an activating group) is 1. The average molecular weight is 352 g/mol. The zero-order chi connectivity index (χ0) is 18.5. The lowest BCUT2D eigenvalue weighted by molar-refractivity contribution is -0.122. The van der Waals surface area contributed by atoms with Gasteiger partial charge in [0.25, 0.3) is 5.91 Å². The van der Waals surface area contributed by atoms with Crippen molar-refractivity contribution in [1.82, 2.24) is 10.2 Å². The van der Waals surface area contributed by atoms with E-state index in [2.05, 4.69) is 5.32 Å². The molecule has 140 valence electrons. The molecule has 1 rings (SSSR count). The summed E-state index contributed by atoms with van der Waals surface area (Å²) in [4.78, 5) is 24.9. The Morgan fingerprint density at radius 2 is 1.68 bits per heavy atom. The number of hydrogen-bond acceptors (Lipinski definition) is 6. The van der Waals surface area contributed by atoms with E-state index >= 15 is 0 Å². The predicted octanol–water partition coefficient (Wildman–Crippen LogP) is 0.448. The summed E-state index contributed by atoms with van der Waals surface area (Å²) < 4.78 is 10.7. The van der Waals surface area contributed by atoms with E-state index in [4.69, 9.17) is 20.9 Å². The topological polar surface area (TPSA) is 120 Å². The maximum Gasteiger partial charge on any atom is 0.410 e. The van der Waals surface area contributed by atoms with Gasteiger partial charge in [-0.1, -0.05) is 12.1 Å². The van der Waals surface area contributed by atoms with Crippen molar-refractivity contribution >= 4 is 12.0 Å². The van der Waals surface area contributed by atoms with Gasteiger partial charge < -0.3 is 31.2 Å². The Morgan fingerprint density at radius 1 is 1.08 bits per heavy atom. The van der Waals surface area contributed by atoms with Crippen LogP contribution in [0.2, 0.25) is 0 Å². The smallest absolute Gasteiger partial charge is 0.410 e. The van der Waals surface area contributed by atoms with E-state index in [0.29, 0.717) is 31.9 Å². The molecular weight excluding hydrogens is 324 g/mol. The fraction of sp³-hybridized carbons (Fsp3) is 0.529. The minimum Gasteiger partial charge on any atom is -0.484 e. The first kappa shape index (κ1) is 20.7. The maximum absolute atomic E-state index is 12.2. The highest BCUT2D eigenvalue weighted by Gasteiger charge is 2.14. The first-order valence-electron chi connectivity index (χ1n) is 8.34. The Hall–Kier alpha value is -2.32. The van der Waals surface area contributed by atoms with E-state index in [1.807, 2.05) is 0 Å². The first-order valence-corrected chi connectivity index (χ1v) is 8.34. The van der Waals surface area contributed by atoms with Gasteiger partial charge in [-0.15, -0.1) is 0 Å². The standard InChI is InChI=1S/C17H28N4O4/c1-20-16(22)13-24-15-6-4-14(5-7-15)12-25-17(23)21(10-2-8-18)11-3-9-19/h4-7H,2-3,8-13,18-19H2,1H3,(H,20,22). The number of ether oxygens (including phenoxy) is 2. The summed E-state index contributed by atoms with van der Waals surface area (Å²) in [7, 11) is 1.55. The molecular formula is C17H28N4O4. The lowest BCUT2D eigenvalue weighted by Gasteiger charge is -2.21. The minimum absolute atomic E-state index is 0.0396. The van der Waals surface area contributed by atoms with Gasteiger partial charge in [0.1, 0.15) is 12.4 Å². The number of benzene rings is 1. The largest absolute Gasteiger partial charge is 0.484 e. The Balaban J connectivity index is 2.46. The Morgan fingerprint density at radius 3 is 2.20 bits per heavy atom. The Kier molecular flexibility index (Phi) is 10.0. The van der Waals surface area contributed by atoms with Crippen LogP contribution >= 0.6 is 0 Å². The van der Waals surface area contributed by atoms with Crippen LogP contribution in [0.5, 0.6) is 5.75 Å². The summed E-state index contributed by atoms with van der Waals surface area (Å²) in [6, 6.07) is 7.03. The highest BCUT2D eigenvalue weighted by Crippen LogP contribution is 2.13. The highest BCUT2D eigenvalue weighted by atomic mass is 16.6. The van der Waals surface area contributed by atoms with Crippen molar-refractivity contribution in [3.8, 4) is 5.75 Å². The van der Waals surface area contributed by atoms with E-state index < -0.39 is 0 Å². The van der Waals surface area contributed by atoms with E-state index in [-0.39, 0.29) is 25.2 Å². The van der Waals surface area contributed by atoms with Crippen LogP contribution in [0.15, 0.2) is 24.3 Å². The highest BCUT2D eigenvalue weighted by molar-refractivity contribution is 5.77. The van der Waals surface area contributed by atoms with Crippen molar-refractivity contribution in [3.63, 3.8) is 0 Å². The summed E-state index contributed by atoms with van der Waals surface area (Å²) in [5.41, 5.74) is 11.8. The molecule has 0 heterocycles. The fourth-order valence-electron chi connectivity index (χ4n) is 2.00. The lowest BCUT2D eigenvalue weighted by Crippen LogP contribution is -2.35. The summed E-state index contributed by atoms with van der Waals surface area (Å²) in [6.07, 6.45) is 1.07. The van der Waals surface area contributed by atoms with Crippen LogP contribution in [0, 0.1) is 0 Å². The molecule has 0 aliphatic rings. The van der Waals surface area contributed by atoms with Crippen LogP contribution < -0.4 is 21.5 Å². The third-order valence-electron chi connectivity index (χ3n) is 3.46. The number of carbonyl (C=O) groups is 2. The van der Waals surface area contributed by atoms with Crippen LogP contribution in [-0.4, -0.2) is 56.7 Å². The number of hydrogen-bond donors (Lipinski definition) is 3. The van der Waals surface area contributed by atoms with E-state index in [9.17, 15) is 9.59 Å². The molecule has 0 saturated heterocycles. The molecule has 8 heteroatoms. The molecule has 0 spiro atoms. The molecule has 2 amide bonds. The Bertz CT molecular complexity index is 514. The first-order chi connectivity index (χ1) is 12.1. The molecule has 0 aliphatic carbocycles. The number of carbonyl (C=O) groups excluding carboxylic acids is 2. The second-order valence-corrected chi connectivity index (χ2v) is 5.43. The van der Waals surface area contributed by atoms with Crippen LogP contribution in [0.25, 0.3) is 0 Å². The molecule has 1 aromatic carbocycles. The third-order valence-corrected chi connectivity index (χ3v) is 3.46. The maximum atomic E-state index is 12.2. The van der Waals surface area contributed by atoms with Gasteiger partial charge >= 0.3 is 6.09 Å². The van der Waals surface area contributed by atoms with Crippen molar-refractivity contribution in [2.45, 2.75) is 19.4 Å². The van der Waals surface area contributed by atoms with Crippen LogP contribution in [0.4, 0.5) is 4.79 Å². The van der Waals surface area contributed by atoms with Crippen LogP contribution in [-0.2, 0) is 16.1 Å². The Labute approximate surface area is 148 Å². The molecule has 0 aromatic heterocycles. The zero-order valence-electron chi connectivity index (χ0n) is 14.7. The summed E-state index contributed by atoms with van der Waals surface area (Å²) in [5, 5.41) is 2.48. The predicted molar refractivity (Wildman–Crippen MR) is 95.1 cm³/mol. The van der Waals surface area contributed by atoms with Crippen molar-refractivity contribution in [2.24, 2.45) is 11.5 Å².